The minimum absolute atomic E-state index is 0.0556. The molecule has 6 heteroatoms. The van der Waals surface area contributed by atoms with Gasteiger partial charge in [0.1, 0.15) is 5.60 Å². The van der Waals surface area contributed by atoms with Crippen LogP contribution in [0.2, 0.25) is 0 Å². The van der Waals surface area contributed by atoms with Gasteiger partial charge in [-0.1, -0.05) is 81.3 Å². The molecule has 1 aromatic carbocycles. The van der Waals surface area contributed by atoms with Gasteiger partial charge in [-0.25, -0.2) is 4.79 Å². The van der Waals surface area contributed by atoms with Gasteiger partial charge < -0.3 is 14.2 Å². The molecule has 6 nitrogen and oxygen atoms in total. The Hall–Kier alpha value is -2.37. The third-order valence-corrected chi connectivity index (χ3v) is 6.16. The van der Waals surface area contributed by atoms with E-state index in [1.165, 1.54) is 56.9 Å². The molecule has 1 saturated heterocycles. The monoisotopic (exact) mass is 455 g/mol. The molecular formula is C27H41N3O3. The second kappa shape index (κ2) is 12.2. The van der Waals surface area contributed by atoms with Gasteiger partial charge >= 0.3 is 6.09 Å². The van der Waals surface area contributed by atoms with Gasteiger partial charge in [-0.15, -0.1) is 0 Å². The molecule has 1 atom stereocenters. The summed E-state index contributed by atoms with van der Waals surface area (Å²) in [6, 6.07) is 8.51. The minimum atomic E-state index is -0.493. The van der Waals surface area contributed by atoms with Gasteiger partial charge in [0.2, 0.25) is 11.7 Å². The number of benzene rings is 1. The molecule has 2 heterocycles. The highest BCUT2D eigenvalue weighted by Crippen LogP contribution is 2.29. The van der Waals surface area contributed by atoms with E-state index in [0.717, 1.165) is 18.4 Å². The van der Waals surface area contributed by atoms with Crippen molar-refractivity contribution in [3.63, 3.8) is 0 Å². The first-order valence-corrected chi connectivity index (χ1v) is 12.8. The van der Waals surface area contributed by atoms with E-state index in [4.69, 9.17) is 9.26 Å². The number of amides is 1. The van der Waals surface area contributed by atoms with Gasteiger partial charge in [0.15, 0.2) is 0 Å². The van der Waals surface area contributed by atoms with Gasteiger partial charge in [0.25, 0.3) is 0 Å². The minimum Gasteiger partial charge on any atom is -0.444 e. The first kappa shape index (κ1) is 25.3. The smallest absolute Gasteiger partial charge is 0.410 e. The van der Waals surface area contributed by atoms with E-state index in [-0.39, 0.29) is 12.0 Å². The Morgan fingerprint density at radius 2 is 1.73 bits per heavy atom. The quantitative estimate of drug-likeness (QED) is 0.337. The average Bonchev–Trinajstić information content (AvgIpc) is 3.45. The topological polar surface area (TPSA) is 68.5 Å². The van der Waals surface area contributed by atoms with Gasteiger partial charge in [0, 0.05) is 18.7 Å². The molecule has 1 amide bonds. The summed E-state index contributed by atoms with van der Waals surface area (Å²) in [5.41, 5.74) is 1.83. The van der Waals surface area contributed by atoms with E-state index >= 15 is 0 Å². The highest BCUT2D eigenvalue weighted by atomic mass is 16.6. The van der Waals surface area contributed by atoms with Crippen LogP contribution < -0.4 is 0 Å². The van der Waals surface area contributed by atoms with Gasteiger partial charge in [0.05, 0.1) is 5.92 Å². The summed E-state index contributed by atoms with van der Waals surface area (Å²) in [7, 11) is 0. The van der Waals surface area contributed by atoms with Crippen molar-refractivity contribution in [2.75, 3.05) is 13.1 Å². The Balaban J connectivity index is 1.43. The summed E-state index contributed by atoms with van der Waals surface area (Å²) in [5, 5.41) is 4.19. The van der Waals surface area contributed by atoms with Crippen LogP contribution >= 0.6 is 0 Å². The summed E-state index contributed by atoms with van der Waals surface area (Å²) in [4.78, 5) is 18.6. The SMILES string of the molecule is CCCCCCCCCCc1ccc(-c2noc([C@@H]3CCN(C(=O)OC(C)(C)C)C3)n2)cc1. The molecule has 0 radical (unpaired) electrons. The van der Waals surface area contributed by atoms with E-state index in [1.807, 2.05) is 20.8 Å². The highest BCUT2D eigenvalue weighted by Gasteiger charge is 2.33. The van der Waals surface area contributed by atoms with E-state index in [0.29, 0.717) is 24.8 Å². The van der Waals surface area contributed by atoms with Crippen LogP contribution in [0.25, 0.3) is 11.4 Å². The molecular weight excluding hydrogens is 414 g/mol. The van der Waals surface area contributed by atoms with E-state index in [2.05, 4.69) is 41.3 Å². The number of nitrogens with zero attached hydrogens (tertiary/aromatic N) is 3. The van der Waals surface area contributed by atoms with Crippen LogP contribution in [-0.4, -0.2) is 39.8 Å². The molecule has 0 N–H and O–H groups in total. The number of aromatic nitrogens is 2. The summed E-state index contributed by atoms with van der Waals surface area (Å²) in [6.07, 6.45) is 12.4. The Bertz CT molecular complexity index is 854. The lowest BCUT2D eigenvalue weighted by atomic mass is 10.0. The number of aryl methyl sites for hydroxylation is 1. The summed E-state index contributed by atoms with van der Waals surface area (Å²) in [6.45, 7) is 9.09. The number of hydrogen-bond donors (Lipinski definition) is 0. The summed E-state index contributed by atoms with van der Waals surface area (Å²) < 4.78 is 11.0. The fourth-order valence-electron chi connectivity index (χ4n) is 4.26. The maximum atomic E-state index is 12.3. The standard InChI is InChI=1S/C27H41N3O3/c1-5-6-7-8-9-10-11-12-13-21-14-16-22(17-15-21)24-28-25(33-29-24)23-18-19-30(20-23)26(31)32-27(2,3)4/h14-17,23H,5-13,18-20H2,1-4H3/t23-/m1/s1. The second-order valence-corrected chi connectivity index (χ2v) is 10.3. The van der Waals surface area contributed by atoms with Crippen molar-refractivity contribution in [1.82, 2.24) is 15.0 Å². The third kappa shape index (κ3) is 8.17. The van der Waals surface area contributed by atoms with Gasteiger partial charge in [-0.3, -0.25) is 0 Å². The fourth-order valence-corrected chi connectivity index (χ4v) is 4.26. The predicted octanol–water partition coefficient (Wildman–Crippen LogP) is 7.14. The van der Waals surface area contributed by atoms with Crippen molar-refractivity contribution in [2.24, 2.45) is 0 Å². The lowest BCUT2D eigenvalue weighted by molar-refractivity contribution is 0.0291. The van der Waals surface area contributed by atoms with Crippen molar-refractivity contribution in [1.29, 1.82) is 0 Å². The zero-order chi connectivity index (χ0) is 23.7. The van der Waals surface area contributed by atoms with E-state index in [9.17, 15) is 4.79 Å². The van der Waals surface area contributed by atoms with Crippen molar-refractivity contribution in [3.05, 3.63) is 35.7 Å². The van der Waals surface area contributed by atoms with Gasteiger partial charge in [-0.05, 0) is 45.6 Å². The third-order valence-electron chi connectivity index (χ3n) is 6.16. The molecule has 0 aliphatic carbocycles. The maximum absolute atomic E-state index is 12.3. The van der Waals surface area contributed by atoms with Gasteiger partial charge in [-0.2, -0.15) is 4.98 Å². The van der Waals surface area contributed by atoms with Crippen LogP contribution in [0.1, 0.15) is 103 Å². The van der Waals surface area contributed by atoms with Crippen LogP contribution in [0.15, 0.2) is 28.8 Å². The predicted molar refractivity (Wildman–Crippen MR) is 131 cm³/mol. The van der Waals surface area contributed by atoms with Crippen LogP contribution in [0.4, 0.5) is 4.79 Å². The first-order chi connectivity index (χ1) is 15.9. The van der Waals surface area contributed by atoms with Crippen molar-refractivity contribution < 1.29 is 14.1 Å². The molecule has 33 heavy (non-hydrogen) atoms. The summed E-state index contributed by atoms with van der Waals surface area (Å²) >= 11 is 0. The maximum Gasteiger partial charge on any atom is 0.410 e. The molecule has 0 unspecified atom stereocenters. The Morgan fingerprint density at radius 1 is 1.06 bits per heavy atom. The molecule has 1 fully saturated rings. The molecule has 0 spiro atoms. The molecule has 182 valence electrons. The average molecular weight is 456 g/mol. The van der Waals surface area contributed by atoms with E-state index in [1.54, 1.807) is 4.90 Å². The Kier molecular flexibility index (Phi) is 9.33. The zero-order valence-electron chi connectivity index (χ0n) is 20.9. The lowest BCUT2D eigenvalue weighted by Gasteiger charge is -2.24. The molecule has 0 bridgehead atoms. The number of ether oxygens (including phenoxy) is 1. The Labute approximate surface area is 199 Å². The number of rotatable bonds is 11. The Morgan fingerprint density at radius 3 is 2.39 bits per heavy atom. The second-order valence-electron chi connectivity index (χ2n) is 10.3. The number of likely N-dealkylation sites (tertiary alicyclic amines) is 1. The van der Waals surface area contributed by atoms with Crippen molar-refractivity contribution in [2.45, 2.75) is 103 Å². The molecule has 2 aromatic rings. The number of hydrogen-bond acceptors (Lipinski definition) is 5. The number of unbranched alkanes of at least 4 members (excludes halogenated alkanes) is 7. The molecule has 1 aliphatic heterocycles. The lowest BCUT2D eigenvalue weighted by Crippen LogP contribution is -2.35. The van der Waals surface area contributed by atoms with Crippen molar-refractivity contribution in [3.8, 4) is 11.4 Å². The molecule has 1 aliphatic rings. The first-order valence-electron chi connectivity index (χ1n) is 12.8. The largest absolute Gasteiger partial charge is 0.444 e. The number of carbonyl (C=O) groups excluding carboxylic acids is 1. The van der Waals surface area contributed by atoms with Crippen LogP contribution in [0.5, 0.6) is 0 Å². The molecule has 3 rings (SSSR count). The van der Waals surface area contributed by atoms with Crippen LogP contribution in [0, 0.1) is 0 Å². The van der Waals surface area contributed by atoms with Crippen LogP contribution in [0.3, 0.4) is 0 Å². The summed E-state index contributed by atoms with van der Waals surface area (Å²) in [5.74, 6) is 1.26. The molecule has 1 aromatic heterocycles. The number of carbonyl (C=O) groups is 1. The zero-order valence-corrected chi connectivity index (χ0v) is 20.9. The normalized spacial score (nSPS) is 16.4. The fraction of sp³-hybridized carbons (Fsp3) is 0.667. The molecule has 0 saturated carbocycles. The highest BCUT2D eigenvalue weighted by molar-refractivity contribution is 5.68. The van der Waals surface area contributed by atoms with Crippen LogP contribution in [-0.2, 0) is 11.2 Å². The van der Waals surface area contributed by atoms with E-state index < -0.39 is 5.60 Å². The van der Waals surface area contributed by atoms with Crippen molar-refractivity contribution >= 4 is 6.09 Å².